The molecule has 3 rings (SSSR count). The van der Waals surface area contributed by atoms with E-state index in [-0.39, 0.29) is 5.54 Å². The summed E-state index contributed by atoms with van der Waals surface area (Å²) in [5.41, 5.74) is 1.28. The van der Waals surface area contributed by atoms with E-state index in [1.54, 1.807) is 7.11 Å². The van der Waals surface area contributed by atoms with Crippen LogP contribution in [0.2, 0.25) is 0 Å². The molecule has 1 aromatic carbocycles. The van der Waals surface area contributed by atoms with Gasteiger partial charge < -0.3 is 15.4 Å². The zero-order valence-corrected chi connectivity index (χ0v) is 12.8. The van der Waals surface area contributed by atoms with Gasteiger partial charge in [-0.05, 0) is 18.9 Å². The number of benzene rings is 1. The maximum absolute atomic E-state index is 5.43. The fraction of sp³-hybridized carbons (Fsp3) is 0.588. The number of para-hydroxylation sites is 1. The van der Waals surface area contributed by atoms with E-state index in [9.17, 15) is 0 Å². The Kier molecular flexibility index (Phi) is 4.44. The number of nitrogens with one attached hydrogen (secondary N) is 2. The molecular weight excluding hydrogens is 262 g/mol. The topological polar surface area (TPSA) is 45.6 Å². The Hall–Kier alpha value is -1.55. The van der Waals surface area contributed by atoms with Gasteiger partial charge >= 0.3 is 0 Å². The second kappa shape index (κ2) is 6.48. The van der Waals surface area contributed by atoms with Crippen LogP contribution in [0.15, 0.2) is 29.3 Å². The Labute approximate surface area is 127 Å². The molecule has 1 spiro atoms. The predicted octanol–water partition coefficient (Wildman–Crippen LogP) is 2.49. The van der Waals surface area contributed by atoms with E-state index in [1.165, 1.54) is 37.7 Å². The van der Waals surface area contributed by atoms with E-state index < -0.39 is 0 Å². The molecular formula is C17H25N3O. The summed E-state index contributed by atoms with van der Waals surface area (Å²) in [6, 6.07) is 8.17. The molecule has 1 heterocycles. The number of nitrogens with zero attached hydrogens (tertiary/aromatic N) is 1. The molecule has 0 bridgehead atoms. The van der Waals surface area contributed by atoms with Gasteiger partial charge in [-0.25, -0.2) is 0 Å². The van der Waals surface area contributed by atoms with E-state index in [0.717, 1.165) is 31.2 Å². The van der Waals surface area contributed by atoms with Gasteiger partial charge in [0.2, 0.25) is 0 Å². The third kappa shape index (κ3) is 3.05. The minimum atomic E-state index is 0.0957. The number of aliphatic imine (C=N–C) groups is 1. The number of hydrogen-bond acceptors (Lipinski definition) is 4. The average Bonchev–Trinajstić information content (AvgIpc) is 2.55. The van der Waals surface area contributed by atoms with E-state index in [2.05, 4.69) is 22.8 Å². The van der Waals surface area contributed by atoms with Gasteiger partial charge in [0, 0.05) is 18.7 Å². The van der Waals surface area contributed by atoms with Gasteiger partial charge in [0.05, 0.1) is 19.2 Å². The maximum atomic E-state index is 5.43. The predicted molar refractivity (Wildman–Crippen MR) is 86.0 cm³/mol. The zero-order valence-electron chi connectivity index (χ0n) is 12.8. The second-order valence-electron chi connectivity index (χ2n) is 5.97. The fourth-order valence-corrected chi connectivity index (χ4v) is 3.52. The molecule has 0 unspecified atom stereocenters. The Morgan fingerprint density at radius 3 is 2.86 bits per heavy atom. The summed E-state index contributed by atoms with van der Waals surface area (Å²) >= 11 is 0. The van der Waals surface area contributed by atoms with Crippen molar-refractivity contribution < 1.29 is 4.74 Å². The summed E-state index contributed by atoms with van der Waals surface area (Å²) < 4.78 is 5.43. The average molecular weight is 287 g/mol. The van der Waals surface area contributed by atoms with Crippen LogP contribution in [0.1, 0.15) is 37.7 Å². The zero-order chi connectivity index (χ0) is 14.5. The molecule has 0 aromatic heterocycles. The van der Waals surface area contributed by atoms with Crippen molar-refractivity contribution in [1.29, 1.82) is 0 Å². The van der Waals surface area contributed by atoms with Crippen molar-refractivity contribution in [3.63, 3.8) is 0 Å². The number of amidine groups is 1. The largest absolute Gasteiger partial charge is 0.496 e. The molecule has 2 N–H and O–H groups in total. The summed E-state index contributed by atoms with van der Waals surface area (Å²) in [5, 5.41) is 7.31. The minimum absolute atomic E-state index is 0.0957. The van der Waals surface area contributed by atoms with Gasteiger partial charge in [0.25, 0.3) is 0 Å². The lowest BCUT2D eigenvalue weighted by Crippen LogP contribution is -2.60. The lowest BCUT2D eigenvalue weighted by Gasteiger charge is -2.41. The molecule has 1 saturated carbocycles. The lowest BCUT2D eigenvalue weighted by molar-refractivity contribution is 0.298. The van der Waals surface area contributed by atoms with Crippen LogP contribution in [-0.4, -0.2) is 31.6 Å². The van der Waals surface area contributed by atoms with Crippen molar-refractivity contribution in [2.75, 3.05) is 20.2 Å². The first kappa shape index (κ1) is 14.4. The molecule has 0 saturated heterocycles. The molecule has 0 radical (unpaired) electrons. The maximum Gasteiger partial charge on any atom is 0.123 e. The molecule has 0 amide bonds. The minimum Gasteiger partial charge on any atom is -0.496 e. The summed E-state index contributed by atoms with van der Waals surface area (Å²) in [4.78, 5) is 4.78. The van der Waals surface area contributed by atoms with E-state index >= 15 is 0 Å². The van der Waals surface area contributed by atoms with E-state index in [4.69, 9.17) is 9.73 Å². The highest BCUT2D eigenvalue weighted by atomic mass is 16.5. The summed E-state index contributed by atoms with van der Waals surface area (Å²) in [7, 11) is 1.72. The highest BCUT2D eigenvalue weighted by Gasteiger charge is 2.38. The molecule has 0 atom stereocenters. The number of rotatable bonds is 3. The molecule has 1 aromatic rings. The summed E-state index contributed by atoms with van der Waals surface area (Å²) in [6.45, 7) is 2.64. The molecule has 4 heteroatoms. The third-order valence-electron chi connectivity index (χ3n) is 4.64. The van der Waals surface area contributed by atoms with Crippen molar-refractivity contribution >= 4 is 5.84 Å². The molecule has 2 aliphatic rings. The quantitative estimate of drug-likeness (QED) is 0.898. The van der Waals surface area contributed by atoms with Gasteiger partial charge in [-0.15, -0.1) is 0 Å². The van der Waals surface area contributed by atoms with Gasteiger partial charge in [-0.3, -0.25) is 4.99 Å². The summed E-state index contributed by atoms with van der Waals surface area (Å²) in [6.07, 6.45) is 6.34. The smallest absolute Gasteiger partial charge is 0.123 e. The van der Waals surface area contributed by atoms with Gasteiger partial charge in [0.1, 0.15) is 11.6 Å². The van der Waals surface area contributed by atoms with Crippen molar-refractivity contribution in [2.24, 2.45) is 4.99 Å². The first-order valence-corrected chi connectivity index (χ1v) is 8.00. The Balaban J connectivity index is 1.72. The molecule has 4 nitrogen and oxygen atoms in total. The summed E-state index contributed by atoms with van der Waals surface area (Å²) in [5.74, 6) is 2.09. The molecule has 1 fully saturated rings. The first-order chi connectivity index (χ1) is 10.3. The fourth-order valence-electron chi connectivity index (χ4n) is 3.52. The van der Waals surface area contributed by atoms with Crippen LogP contribution < -0.4 is 15.4 Å². The third-order valence-corrected chi connectivity index (χ3v) is 4.64. The molecule has 114 valence electrons. The van der Waals surface area contributed by atoms with Crippen LogP contribution >= 0.6 is 0 Å². The van der Waals surface area contributed by atoms with Crippen molar-refractivity contribution in [1.82, 2.24) is 10.6 Å². The van der Waals surface area contributed by atoms with Crippen molar-refractivity contribution in [3.05, 3.63) is 29.8 Å². The highest BCUT2D eigenvalue weighted by Crippen LogP contribution is 2.30. The van der Waals surface area contributed by atoms with Gasteiger partial charge in [-0.1, -0.05) is 37.5 Å². The first-order valence-electron chi connectivity index (χ1n) is 8.00. The monoisotopic (exact) mass is 287 g/mol. The lowest BCUT2D eigenvalue weighted by atomic mass is 9.79. The van der Waals surface area contributed by atoms with Crippen LogP contribution in [0.5, 0.6) is 5.75 Å². The highest BCUT2D eigenvalue weighted by molar-refractivity contribution is 5.92. The van der Waals surface area contributed by atoms with E-state index in [1.807, 2.05) is 12.1 Å². The molecule has 21 heavy (non-hydrogen) atoms. The Bertz CT molecular complexity index is 507. The van der Waals surface area contributed by atoms with Crippen LogP contribution in [0.3, 0.4) is 0 Å². The molecule has 1 aliphatic carbocycles. The Morgan fingerprint density at radius 1 is 1.24 bits per heavy atom. The number of hydrogen-bond donors (Lipinski definition) is 2. The normalized spacial score (nSPS) is 20.9. The van der Waals surface area contributed by atoms with Crippen LogP contribution in [-0.2, 0) is 6.54 Å². The van der Waals surface area contributed by atoms with Gasteiger partial charge in [0.15, 0.2) is 0 Å². The van der Waals surface area contributed by atoms with Gasteiger partial charge in [-0.2, -0.15) is 0 Å². The van der Waals surface area contributed by atoms with Crippen LogP contribution in [0, 0.1) is 0 Å². The number of ether oxygens (including phenoxy) is 1. The van der Waals surface area contributed by atoms with E-state index in [0.29, 0.717) is 0 Å². The van der Waals surface area contributed by atoms with Crippen molar-refractivity contribution in [3.8, 4) is 5.75 Å². The van der Waals surface area contributed by atoms with Crippen molar-refractivity contribution in [2.45, 2.75) is 44.2 Å². The number of methoxy groups -OCH3 is 1. The van der Waals surface area contributed by atoms with Crippen LogP contribution in [0.25, 0.3) is 0 Å². The second-order valence-corrected chi connectivity index (χ2v) is 5.97. The SMILES string of the molecule is COc1ccccc1CNC1=NCCNC12CCCCC2. The molecule has 1 aliphatic heterocycles. The standard InChI is InChI=1S/C17H25N3O/c1-21-15-8-4-3-7-14(15)13-19-16-17(20-12-11-18-16)9-5-2-6-10-17/h3-4,7-8,20H,2,5-6,9-13H2,1H3,(H,18,19). The Morgan fingerprint density at radius 2 is 2.05 bits per heavy atom. The van der Waals surface area contributed by atoms with Crippen LogP contribution in [0.4, 0.5) is 0 Å².